The summed E-state index contributed by atoms with van der Waals surface area (Å²) in [5, 5.41) is 18.7. The Kier molecular flexibility index (Phi) is 4.18. The molecule has 1 unspecified atom stereocenters. The number of aromatic nitrogens is 2. The van der Waals surface area contributed by atoms with Crippen molar-refractivity contribution in [3.8, 4) is 17.2 Å². The van der Waals surface area contributed by atoms with Crippen LogP contribution in [-0.2, 0) is 0 Å². The second kappa shape index (κ2) is 6.29. The number of nitrogen functional groups attached to an aromatic ring is 1. The van der Waals surface area contributed by atoms with Gasteiger partial charge in [-0.05, 0) is 35.9 Å². The van der Waals surface area contributed by atoms with E-state index < -0.39 is 6.10 Å². The number of hydrogen-bond acceptors (Lipinski definition) is 6. The maximum atomic E-state index is 10.8. The van der Waals surface area contributed by atoms with Crippen LogP contribution in [0.15, 0.2) is 30.3 Å². The first-order valence-corrected chi connectivity index (χ1v) is 7.30. The molecule has 0 radical (unpaired) electrons. The maximum Gasteiger partial charge on any atom is 0.203 e. The topological polar surface area (TPSA) is 103 Å². The molecular formula is C17H19N3O4. The zero-order chi connectivity index (χ0) is 17.3. The van der Waals surface area contributed by atoms with Crippen molar-refractivity contribution in [3.63, 3.8) is 0 Å². The Morgan fingerprint density at radius 2 is 1.71 bits per heavy atom. The molecule has 1 heterocycles. The molecular weight excluding hydrogens is 310 g/mol. The smallest absolute Gasteiger partial charge is 0.203 e. The summed E-state index contributed by atoms with van der Waals surface area (Å²) in [6, 6.07) is 8.75. The van der Waals surface area contributed by atoms with Crippen LogP contribution in [0.5, 0.6) is 17.2 Å². The number of nitrogens with one attached hydrogen (secondary N) is 1. The summed E-state index contributed by atoms with van der Waals surface area (Å²) in [4.78, 5) is 0. The van der Waals surface area contributed by atoms with Crippen molar-refractivity contribution in [2.24, 2.45) is 0 Å². The SMILES string of the molecule is COc1cc(C(O)c2[nH]nc3cc(N)ccc23)cc(OC)c1OC. The molecule has 0 aliphatic heterocycles. The van der Waals surface area contributed by atoms with Crippen molar-refractivity contribution < 1.29 is 19.3 Å². The summed E-state index contributed by atoms with van der Waals surface area (Å²) in [6.45, 7) is 0. The molecule has 3 aromatic rings. The normalized spacial score (nSPS) is 12.2. The minimum Gasteiger partial charge on any atom is -0.493 e. The van der Waals surface area contributed by atoms with Gasteiger partial charge in [-0.2, -0.15) is 5.10 Å². The van der Waals surface area contributed by atoms with Gasteiger partial charge in [-0.25, -0.2) is 0 Å². The number of aliphatic hydroxyl groups excluding tert-OH is 1. The predicted octanol–water partition coefficient (Wildman–Crippen LogP) is 2.25. The molecule has 4 N–H and O–H groups in total. The Balaban J connectivity index is 2.10. The van der Waals surface area contributed by atoms with Crippen molar-refractivity contribution in [2.45, 2.75) is 6.10 Å². The van der Waals surface area contributed by atoms with Crippen molar-refractivity contribution in [2.75, 3.05) is 27.1 Å². The second-order valence-corrected chi connectivity index (χ2v) is 5.28. The lowest BCUT2D eigenvalue weighted by Crippen LogP contribution is -2.03. The fourth-order valence-corrected chi connectivity index (χ4v) is 2.68. The molecule has 0 saturated carbocycles. The number of fused-ring (bicyclic) bond motifs is 1. The van der Waals surface area contributed by atoms with E-state index in [1.165, 1.54) is 21.3 Å². The van der Waals surface area contributed by atoms with E-state index >= 15 is 0 Å². The number of methoxy groups -OCH3 is 3. The molecule has 3 rings (SSSR count). The Morgan fingerprint density at radius 3 is 2.29 bits per heavy atom. The number of aromatic amines is 1. The van der Waals surface area contributed by atoms with E-state index in [4.69, 9.17) is 19.9 Å². The van der Waals surface area contributed by atoms with E-state index in [0.717, 1.165) is 5.39 Å². The number of rotatable bonds is 5. The number of anilines is 1. The summed E-state index contributed by atoms with van der Waals surface area (Å²) in [5.41, 5.74) is 8.23. The van der Waals surface area contributed by atoms with E-state index in [2.05, 4.69) is 10.2 Å². The average Bonchev–Trinajstić information content (AvgIpc) is 3.02. The molecule has 0 aliphatic rings. The molecule has 1 atom stereocenters. The van der Waals surface area contributed by atoms with Crippen LogP contribution in [0, 0.1) is 0 Å². The van der Waals surface area contributed by atoms with E-state index in [0.29, 0.717) is 39.7 Å². The van der Waals surface area contributed by atoms with Gasteiger partial charge >= 0.3 is 0 Å². The van der Waals surface area contributed by atoms with Crippen LogP contribution < -0.4 is 19.9 Å². The summed E-state index contributed by atoms with van der Waals surface area (Å²) < 4.78 is 16.0. The van der Waals surface area contributed by atoms with Gasteiger partial charge in [-0.15, -0.1) is 0 Å². The highest BCUT2D eigenvalue weighted by Crippen LogP contribution is 2.41. The van der Waals surface area contributed by atoms with Crippen molar-refractivity contribution in [1.82, 2.24) is 10.2 Å². The molecule has 0 spiro atoms. The van der Waals surface area contributed by atoms with E-state index in [1.807, 2.05) is 6.07 Å². The van der Waals surface area contributed by atoms with Crippen molar-refractivity contribution in [3.05, 3.63) is 41.6 Å². The summed E-state index contributed by atoms with van der Waals surface area (Å²) in [7, 11) is 4.59. The number of hydrogen-bond donors (Lipinski definition) is 3. The third-order valence-corrected chi connectivity index (χ3v) is 3.88. The van der Waals surface area contributed by atoms with Crippen molar-refractivity contribution >= 4 is 16.6 Å². The fourth-order valence-electron chi connectivity index (χ4n) is 2.68. The van der Waals surface area contributed by atoms with Gasteiger partial charge in [0.05, 0.1) is 32.5 Å². The quantitative estimate of drug-likeness (QED) is 0.621. The Morgan fingerprint density at radius 1 is 1.04 bits per heavy atom. The fraction of sp³-hybridized carbons (Fsp3) is 0.235. The van der Waals surface area contributed by atoms with Gasteiger partial charge in [0.1, 0.15) is 6.10 Å². The lowest BCUT2D eigenvalue weighted by Gasteiger charge is -2.16. The lowest BCUT2D eigenvalue weighted by atomic mass is 10.0. The Hall–Kier alpha value is -2.93. The number of H-pyrrole nitrogens is 1. The average molecular weight is 329 g/mol. The van der Waals surface area contributed by atoms with Crippen LogP contribution in [0.4, 0.5) is 5.69 Å². The molecule has 7 nitrogen and oxygen atoms in total. The minimum absolute atomic E-state index is 0.471. The molecule has 24 heavy (non-hydrogen) atoms. The second-order valence-electron chi connectivity index (χ2n) is 5.28. The van der Waals surface area contributed by atoms with Crippen LogP contribution in [-0.4, -0.2) is 36.6 Å². The third kappa shape index (κ3) is 2.59. The van der Waals surface area contributed by atoms with E-state index in [9.17, 15) is 5.11 Å². The van der Waals surface area contributed by atoms with E-state index in [1.54, 1.807) is 24.3 Å². The highest BCUT2D eigenvalue weighted by molar-refractivity contribution is 5.84. The Bertz CT molecular complexity index is 850. The van der Waals surface area contributed by atoms with Gasteiger partial charge < -0.3 is 25.1 Å². The molecule has 0 saturated heterocycles. The first-order valence-electron chi connectivity index (χ1n) is 7.30. The van der Waals surface area contributed by atoms with Crippen LogP contribution in [0.2, 0.25) is 0 Å². The summed E-state index contributed by atoms with van der Waals surface area (Å²) in [6.07, 6.45) is -0.938. The monoisotopic (exact) mass is 329 g/mol. The molecule has 0 amide bonds. The van der Waals surface area contributed by atoms with Crippen molar-refractivity contribution in [1.29, 1.82) is 0 Å². The lowest BCUT2D eigenvalue weighted by molar-refractivity contribution is 0.215. The minimum atomic E-state index is -0.938. The molecule has 0 fully saturated rings. The van der Waals surface area contributed by atoms with Gasteiger partial charge in [0.25, 0.3) is 0 Å². The van der Waals surface area contributed by atoms with Crippen LogP contribution >= 0.6 is 0 Å². The highest BCUT2D eigenvalue weighted by atomic mass is 16.5. The number of nitrogens with zero attached hydrogens (tertiary/aromatic N) is 1. The maximum absolute atomic E-state index is 10.8. The summed E-state index contributed by atoms with van der Waals surface area (Å²) >= 11 is 0. The first-order chi connectivity index (χ1) is 11.6. The molecule has 1 aromatic heterocycles. The van der Waals surface area contributed by atoms with Gasteiger partial charge in [0.15, 0.2) is 11.5 Å². The predicted molar refractivity (Wildman–Crippen MR) is 90.7 cm³/mol. The van der Waals surface area contributed by atoms with Gasteiger partial charge in [0.2, 0.25) is 5.75 Å². The number of benzene rings is 2. The largest absolute Gasteiger partial charge is 0.493 e. The first kappa shape index (κ1) is 15.9. The number of aliphatic hydroxyl groups is 1. The third-order valence-electron chi connectivity index (χ3n) is 3.88. The zero-order valence-corrected chi connectivity index (χ0v) is 13.7. The number of ether oxygens (including phenoxy) is 3. The molecule has 0 bridgehead atoms. The van der Waals surface area contributed by atoms with Gasteiger partial charge in [0, 0.05) is 11.1 Å². The highest BCUT2D eigenvalue weighted by Gasteiger charge is 2.21. The van der Waals surface area contributed by atoms with Crippen LogP contribution in [0.25, 0.3) is 10.9 Å². The van der Waals surface area contributed by atoms with Gasteiger partial charge in [-0.3, -0.25) is 5.10 Å². The zero-order valence-electron chi connectivity index (χ0n) is 13.7. The van der Waals surface area contributed by atoms with Crippen LogP contribution in [0.3, 0.4) is 0 Å². The number of nitrogens with two attached hydrogens (primary N) is 1. The molecule has 7 heteroatoms. The summed E-state index contributed by atoms with van der Waals surface area (Å²) in [5.74, 6) is 1.41. The molecule has 2 aromatic carbocycles. The standard InChI is InChI=1S/C17H19N3O4/c1-22-13-6-9(7-14(23-2)17(13)24-3)16(21)15-11-5-4-10(18)8-12(11)19-20-15/h4-8,16,21H,18H2,1-3H3,(H,19,20). The molecule has 126 valence electrons. The van der Waals surface area contributed by atoms with Crippen LogP contribution in [0.1, 0.15) is 17.4 Å². The van der Waals surface area contributed by atoms with E-state index in [-0.39, 0.29) is 0 Å². The Labute approximate surface area is 139 Å². The molecule has 0 aliphatic carbocycles. The van der Waals surface area contributed by atoms with Gasteiger partial charge in [-0.1, -0.05) is 0 Å².